The van der Waals surface area contributed by atoms with Crippen LogP contribution in [0.4, 0.5) is 0 Å². The summed E-state index contributed by atoms with van der Waals surface area (Å²) < 4.78 is 11.3. The fourth-order valence-corrected chi connectivity index (χ4v) is 1.88. The van der Waals surface area contributed by atoms with Crippen molar-refractivity contribution in [3.8, 4) is 11.8 Å². The lowest BCUT2D eigenvalue weighted by Crippen LogP contribution is -2.10. The van der Waals surface area contributed by atoms with E-state index in [0.29, 0.717) is 24.5 Å². The summed E-state index contributed by atoms with van der Waals surface area (Å²) in [6, 6.07) is 19.4. The Bertz CT molecular complexity index is 575. The summed E-state index contributed by atoms with van der Waals surface area (Å²) in [6.07, 6.45) is 0.0333. The van der Waals surface area contributed by atoms with Crippen LogP contribution in [0.25, 0.3) is 0 Å². The van der Waals surface area contributed by atoms with Crippen molar-refractivity contribution in [3.63, 3.8) is 0 Å². The van der Waals surface area contributed by atoms with Gasteiger partial charge in [-0.25, -0.2) is 0 Å². The molecule has 0 N–H and O–H groups in total. The molecule has 0 saturated heterocycles. The summed E-state index contributed by atoms with van der Waals surface area (Å²) in [5.74, 6) is 0.603. The monoisotopic (exact) mass is 267 g/mol. The van der Waals surface area contributed by atoms with Gasteiger partial charge in [-0.15, -0.1) is 0 Å². The first-order valence-electron chi connectivity index (χ1n) is 6.59. The van der Waals surface area contributed by atoms with E-state index in [1.807, 2.05) is 49.4 Å². The molecule has 0 amide bonds. The van der Waals surface area contributed by atoms with Crippen LogP contribution in [0, 0.1) is 11.3 Å². The van der Waals surface area contributed by atoms with Crippen molar-refractivity contribution in [1.82, 2.24) is 0 Å². The van der Waals surface area contributed by atoms with E-state index < -0.39 is 0 Å². The van der Waals surface area contributed by atoms with Crippen molar-refractivity contribution in [1.29, 1.82) is 5.26 Å². The van der Waals surface area contributed by atoms with Gasteiger partial charge < -0.3 is 9.47 Å². The van der Waals surface area contributed by atoms with Gasteiger partial charge in [-0.2, -0.15) is 5.26 Å². The Morgan fingerprint density at radius 3 is 2.45 bits per heavy atom. The highest BCUT2D eigenvalue weighted by atomic mass is 16.5. The Hall–Kier alpha value is -2.31. The zero-order valence-corrected chi connectivity index (χ0v) is 11.5. The molecule has 2 rings (SSSR count). The summed E-state index contributed by atoms with van der Waals surface area (Å²) in [4.78, 5) is 0. The molecule has 2 aromatic carbocycles. The van der Waals surface area contributed by atoms with Crippen LogP contribution in [-0.4, -0.2) is 13.2 Å². The second-order valence-corrected chi connectivity index (χ2v) is 4.38. The lowest BCUT2D eigenvalue weighted by Gasteiger charge is -2.14. The van der Waals surface area contributed by atoms with Crippen molar-refractivity contribution in [3.05, 3.63) is 65.7 Å². The molecule has 0 aliphatic rings. The third-order valence-corrected chi connectivity index (χ3v) is 2.99. The Morgan fingerprint density at radius 1 is 1.00 bits per heavy atom. The van der Waals surface area contributed by atoms with Crippen LogP contribution >= 0.6 is 0 Å². The topological polar surface area (TPSA) is 42.2 Å². The molecule has 3 heteroatoms. The minimum atomic E-state index is 0.0333. The molecule has 0 aliphatic carbocycles. The molecular weight excluding hydrogens is 250 g/mol. The molecule has 0 bridgehead atoms. The molecule has 1 unspecified atom stereocenters. The second kappa shape index (κ2) is 7.32. The minimum absolute atomic E-state index is 0.0333. The highest BCUT2D eigenvalue weighted by Gasteiger charge is 2.05. The normalized spacial score (nSPS) is 11.6. The van der Waals surface area contributed by atoms with Crippen molar-refractivity contribution >= 4 is 0 Å². The highest BCUT2D eigenvalue weighted by molar-refractivity contribution is 5.42. The second-order valence-electron chi connectivity index (χ2n) is 4.38. The van der Waals surface area contributed by atoms with E-state index in [2.05, 4.69) is 6.07 Å². The SMILES string of the molecule is CC(OCCOc1ccccc1C#N)c1ccccc1. The van der Waals surface area contributed by atoms with Crippen molar-refractivity contribution in [2.45, 2.75) is 13.0 Å². The number of ether oxygens (including phenoxy) is 2. The van der Waals surface area contributed by atoms with Gasteiger partial charge in [0.15, 0.2) is 0 Å². The fourth-order valence-electron chi connectivity index (χ4n) is 1.88. The summed E-state index contributed by atoms with van der Waals surface area (Å²) >= 11 is 0. The molecule has 20 heavy (non-hydrogen) atoms. The molecule has 0 fully saturated rings. The van der Waals surface area contributed by atoms with Gasteiger partial charge in [0, 0.05) is 0 Å². The number of rotatable bonds is 6. The molecule has 0 aliphatic heterocycles. The average Bonchev–Trinajstić information content (AvgIpc) is 2.52. The van der Waals surface area contributed by atoms with E-state index in [0.717, 1.165) is 5.56 Å². The van der Waals surface area contributed by atoms with Crippen LogP contribution in [0.15, 0.2) is 54.6 Å². The first-order valence-corrected chi connectivity index (χ1v) is 6.59. The molecular formula is C17H17NO2. The van der Waals surface area contributed by atoms with Crippen LogP contribution in [0.2, 0.25) is 0 Å². The van der Waals surface area contributed by atoms with Gasteiger partial charge in [-0.05, 0) is 24.6 Å². The number of nitrogens with zero attached hydrogens (tertiary/aromatic N) is 1. The van der Waals surface area contributed by atoms with Crippen molar-refractivity contribution < 1.29 is 9.47 Å². The maximum Gasteiger partial charge on any atom is 0.137 e. The van der Waals surface area contributed by atoms with Crippen LogP contribution in [0.1, 0.15) is 24.2 Å². The van der Waals surface area contributed by atoms with Crippen molar-refractivity contribution in [2.75, 3.05) is 13.2 Å². The third kappa shape index (κ3) is 3.84. The van der Waals surface area contributed by atoms with Crippen LogP contribution < -0.4 is 4.74 Å². The van der Waals surface area contributed by atoms with Gasteiger partial charge in [-0.1, -0.05) is 42.5 Å². The third-order valence-electron chi connectivity index (χ3n) is 2.99. The largest absolute Gasteiger partial charge is 0.490 e. The Kier molecular flexibility index (Phi) is 5.16. The zero-order valence-electron chi connectivity index (χ0n) is 11.5. The van der Waals surface area contributed by atoms with Crippen LogP contribution in [0.3, 0.4) is 0 Å². The summed E-state index contributed by atoms with van der Waals surface area (Å²) in [7, 11) is 0. The van der Waals surface area contributed by atoms with Gasteiger partial charge in [0.05, 0.1) is 18.3 Å². The van der Waals surface area contributed by atoms with E-state index in [9.17, 15) is 0 Å². The predicted molar refractivity (Wildman–Crippen MR) is 77.5 cm³/mol. The average molecular weight is 267 g/mol. The van der Waals surface area contributed by atoms with E-state index in [1.54, 1.807) is 12.1 Å². The fraction of sp³-hybridized carbons (Fsp3) is 0.235. The first kappa shape index (κ1) is 14.1. The minimum Gasteiger partial charge on any atom is -0.490 e. The number of nitriles is 1. The number of hydrogen-bond acceptors (Lipinski definition) is 3. The number of benzene rings is 2. The van der Waals surface area contributed by atoms with Gasteiger partial charge >= 0.3 is 0 Å². The number of para-hydroxylation sites is 1. The standard InChI is InChI=1S/C17H17NO2/c1-14(15-7-3-2-4-8-15)19-11-12-20-17-10-6-5-9-16(17)13-18/h2-10,14H,11-12H2,1H3. The van der Waals surface area contributed by atoms with Crippen LogP contribution in [-0.2, 0) is 4.74 Å². The highest BCUT2D eigenvalue weighted by Crippen LogP contribution is 2.18. The van der Waals surface area contributed by atoms with E-state index in [1.165, 1.54) is 0 Å². The number of hydrogen-bond donors (Lipinski definition) is 0. The molecule has 1 atom stereocenters. The zero-order chi connectivity index (χ0) is 14.2. The van der Waals surface area contributed by atoms with E-state index >= 15 is 0 Å². The lowest BCUT2D eigenvalue weighted by atomic mass is 10.1. The lowest BCUT2D eigenvalue weighted by molar-refractivity contribution is 0.0439. The first-order chi connectivity index (χ1) is 9.81. The smallest absolute Gasteiger partial charge is 0.137 e. The molecule has 0 spiro atoms. The molecule has 102 valence electrons. The summed E-state index contributed by atoms with van der Waals surface area (Å²) in [5.41, 5.74) is 1.69. The molecule has 0 radical (unpaired) electrons. The van der Waals surface area contributed by atoms with E-state index in [-0.39, 0.29) is 6.10 Å². The molecule has 0 heterocycles. The quantitative estimate of drug-likeness (QED) is 0.749. The summed E-state index contributed by atoms with van der Waals surface area (Å²) in [6.45, 7) is 2.92. The van der Waals surface area contributed by atoms with Gasteiger partial charge in [-0.3, -0.25) is 0 Å². The van der Waals surface area contributed by atoms with Gasteiger partial charge in [0.1, 0.15) is 18.4 Å². The Morgan fingerprint density at radius 2 is 1.70 bits per heavy atom. The molecule has 0 saturated carbocycles. The summed E-state index contributed by atoms with van der Waals surface area (Å²) in [5, 5.41) is 8.95. The van der Waals surface area contributed by atoms with Gasteiger partial charge in [0.2, 0.25) is 0 Å². The maximum absolute atomic E-state index is 8.95. The Balaban J connectivity index is 1.78. The van der Waals surface area contributed by atoms with Crippen molar-refractivity contribution in [2.24, 2.45) is 0 Å². The van der Waals surface area contributed by atoms with Crippen LogP contribution in [0.5, 0.6) is 5.75 Å². The van der Waals surface area contributed by atoms with Gasteiger partial charge in [0.25, 0.3) is 0 Å². The molecule has 0 aromatic heterocycles. The molecule has 3 nitrogen and oxygen atoms in total. The Labute approximate surface area is 119 Å². The van der Waals surface area contributed by atoms with E-state index in [4.69, 9.17) is 14.7 Å². The maximum atomic E-state index is 8.95. The molecule has 2 aromatic rings. The predicted octanol–water partition coefficient (Wildman–Crippen LogP) is 3.71.